The van der Waals surface area contributed by atoms with Crippen LogP contribution >= 0.6 is 11.8 Å². The van der Waals surface area contributed by atoms with E-state index in [1.165, 1.54) is 23.9 Å². The Morgan fingerprint density at radius 2 is 2.10 bits per heavy atom. The first-order valence-corrected chi connectivity index (χ1v) is 10.7. The Bertz CT molecular complexity index is 780. The van der Waals surface area contributed by atoms with Gasteiger partial charge in [-0.3, -0.25) is 5.32 Å². The van der Waals surface area contributed by atoms with Crippen LogP contribution in [0.25, 0.3) is 0 Å². The quantitative estimate of drug-likeness (QED) is 0.326. The molecule has 2 N–H and O–H groups in total. The van der Waals surface area contributed by atoms with Crippen LogP contribution in [0.2, 0.25) is 0 Å². The highest BCUT2D eigenvalue weighted by molar-refractivity contribution is 8.13. The highest BCUT2D eigenvalue weighted by Crippen LogP contribution is 2.28. The third-order valence-corrected chi connectivity index (χ3v) is 4.97. The summed E-state index contributed by atoms with van der Waals surface area (Å²) in [6, 6.07) is 4.36. The standard InChI is InChI=1S/C20H28FN5O2S/c1-20(2,3)28-19(27)26-9-7-14(8-10-26)12-23-16-6-5-15(21)11-17(16)25-18(29-4)24-13-22/h5-6,11,14,23H,7-10,12H2,1-4H3,(H,24,25). The second-order valence-corrected chi connectivity index (χ2v) is 8.61. The molecule has 1 fully saturated rings. The van der Waals surface area contributed by atoms with E-state index in [4.69, 9.17) is 10.00 Å². The zero-order valence-corrected chi connectivity index (χ0v) is 18.1. The first-order chi connectivity index (χ1) is 13.7. The van der Waals surface area contributed by atoms with E-state index in [2.05, 4.69) is 15.6 Å². The van der Waals surface area contributed by atoms with Gasteiger partial charge in [0.25, 0.3) is 0 Å². The highest BCUT2D eigenvalue weighted by atomic mass is 32.2. The fraction of sp³-hybridized carbons (Fsp3) is 0.550. The molecule has 1 aromatic rings. The van der Waals surface area contributed by atoms with Gasteiger partial charge in [0, 0.05) is 25.7 Å². The van der Waals surface area contributed by atoms with E-state index in [1.807, 2.05) is 27.0 Å². The third-order valence-electron chi connectivity index (χ3n) is 4.39. The maximum Gasteiger partial charge on any atom is 0.410 e. The molecule has 2 rings (SSSR count). The van der Waals surface area contributed by atoms with Gasteiger partial charge in [-0.05, 0) is 57.9 Å². The fourth-order valence-corrected chi connectivity index (χ4v) is 3.27. The molecule has 9 heteroatoms. The minimum absolute atomic E-state index is 0.270. The molecule has 0 bridgehead atoms. The normalized spacial score (nSPS) is 15.6. The van der Waals surface area contributed by atoms with Gasteiger partial charge in [-0.25, -0.2) is 14.2 Å². The predicted molar refractivity (Wildman–Crippen MR) is 115 cm³/mol. The Hall–Kier alpha value is -2.47. The lowest BCUT2D eigenvalue weighted by Gasteiger charge is -2.33. The van der Waals surface area contributed by atoms with Crippen LogP contribution in [-0.2, 0) is 4.74 Å². The lowest BCUT2D eigenvalue weighted by atomic mass is 9.97. The van der Waals surface area contributed by atoms with Crippen molar-refractivity contribution in [1.29, 1.82) is 5.26 Å². The summed E-state index contributed by atoms with van der Waals surface area (Å²) in [5.74, 6) is -0.00907. The van der Waals surface area contributed by atoms with Crippen molar-refractivity contribution in [2.75, 3.05) is 31.2 Å². The molecule has 0 unspecified atom stereocenters. The number of anilines is 1. The molecular formula is C20H28FN5O2S. The summed E-state index contributed by atoms with van der Waals surface area (Å²) in [7, 11) is 0. The number of ether oxygens (including phenoxy) is 1. The number of carbonyl (C=O) groups excluding carboxylic acids is 1. The molecule has 1 saturated heterocycles. The van der Waals surface area contributed by atoms with E-state index in [0.717, 1.165) is 12.8 Å². The average Bonchev–Trinajstić information content (AvgIpc) is 2.66. The van der Waals surface area contributed by atoms with Gasteiger partial charge in [-0.2, -0.15) is 5.26 Å². The molecule has 0 aromatic heterocycles. The van der Waals surface area contributed by atoms with E-state index >= 15 is 0 Å². The maximum absolute atomic E-state index is 13.7. The predicted octanol–water partition coefficient (Wildman–Crippen LogP) is 4.31. The number of piperidine rings is 1. The van der Waals surface area contributed by atoms with Crippen molar-refractivity contribution < 1.29 is 13.9 Å². The zero-order valence-electron chi connectivity index (χ0n) is 17.3. The summed E-state index contributed by atoms with van der Waals surface area (Å²) in [6.45, 7) is 7.57. The molecule has 1 amide bonds. The first-order valence-electron chi connectivity index (χ1n) is 9.51. The number of benzene rings is 1. The molecule has 1 aliphatic heterocycles. The van der Waals surface area contributed by atoms with E-state index in [0.29, 0.717) is 42.1 Å². The number of nitrogens with one attached hydrogen (secondary N) is 2. The van der Waals surface area contributed by atoms with Crippen molar-refractivity contribution in [1.82, 2.24) is 10.2 Å². The Labute approximate surface area is 175 Å². The van der Waals surface area contributed by atoms with Gasteiger partial charge >= 0.3 is 6.09 Å². The van der Waals surface area contributed by atoms with Crippen molar-refractivity contribution in [3.8, 4) is 6.19 Å². The monoisotopic (exact) mass is 421 g/mol. The van der Waals surface area contributed by atoms with Crippen molar-refractivity contribution in [3.05, 3.63) is 24.0 Å². The molecular weight excluding hydrogens is 393 g/mol. The number of hydrogen-bond acceptors (Lipinski definition) is 6. The number of thioether (sulfide) groups is 1. The Kier molecular flexibility index (Phi) is 8.14. The van der Waals surface area contributed by atoms with E-state index < -0.39 is 11.4 Å². The molecule has 0 radical (unpaired) electrons. The zero-order chi connectivity index (χ0) is 21.4. The lowest BCUT2D eigenvalue weighted by Crippen LogP contribution is -2.42. The smallest absolute Gasteiger partial charge is 0.410 e. The molecule has 1 heterocycles. The number of aliphatic imine (C=N–C) groups is 1. The second-order valence-electron chi connectivity index (χ2n) is 7.81. The average molecular weight is 422 g/mol. The number of nitrogens with zero attached hydrogens (tertiary/aromatic N) is 3. The second kappa shape index (κ2) is 10.3. The molecule has 1 aromatic carbocycles. The summed E-state index contributed by atoms with van der Waals surface area (Å²) in [6.07, 6.45) is 5.06. The molecule has 0 spiro atoms. The summed E-state index contributed by atoms with van der Waals surface area (Å²) in [5.41, 5.74) is 0.640. The number of hydrogen-bond donors (Lipinski definition) is 2. The maximum atomic E-state index is 13.7. The lowest BCUT2D eigenvalue weighted by molar-refractivity contribution is 0.0188. The molecule has 29 heavy (non-hydrogen) atoms. The van der Waals surface area contributed by atoms with Crippen molar-refractivity contribution in [2.45, 2.75) is 39.2 Å². The van der Waals surface area contributed by atoms with Crippen LogP contribution in [-0.4, -0.2) is 47.7 Å². The molecule has 158 valence electrons. The van der Waals surface area contributed by atoms with Gasteiger partial charge in [0.2, 0.25) is 0 Å². The number of nitriles is 1. The molecule has 1 aliphatic rings. The SMILES string of the molecule is CSC(=Nc1cc(F)ccc1NCC1CCN(C(=O)OC(C)(C)C)CC1)NC#N. The summed E-state index contributed by atoms with van der Waals surface area (Å²) >= 11 is 1.27. The Balaban J connectivity index is 1.94. The third kappa shape index (κ3) is 7.46. The van der Waals surface area contributed by atoms with Gasteiger partial charge in [0.15, 0.2) is 11.4 Å². The van der Waals surface area contributed by atoms with Crippen LogP contribution in [0.1, 0.15) is 33.6 Å². The Morgan fingerprint density at radius 1 is 1.41 bits per heavy atom. The number of rotatable bonds is 4. The van der Waals surface area contributed by atoms with Gasteiger partial charge in [-0.1, -0.05) is 11.8 Å². The number of amides is 1. The largest absolute Gasteiger partial charge is 0.444 e. The van der Waals surface area contributed by atoms with Crippen LogP contribution in [0.5, 0.6) is 0 Å². The summed E-state index contributed by atoms with van der Waals surface area (Å²) in [4.78, 5) is 18.2. The number of amidine groups is 1. The summed E-state index contributed by atoms with van der Waals surface area (Å²) in [5, 5.41) is 15.0. The van der Waals surface area contributed by atoms with E-state index in [-0.39, 0.29) is 6.09 Å². The van der Waals surface area contributed by atoms with E-state index in [9.17, 15) is 9.18 Å². The Morgan fingerprint density at radius 3 is 2.69 bits per heavy atom. The van der Waals surface area contributed by atoms with Gasteiger partial charge < -0.3 is 15.0 Å². The van der Waals surface area contributed by atoms with Crippen LogP contribution in [0, 0.1) is 23.2 Å². The molecule has 0 saturated carbocycles. The fourth-order valence-electron chi connectivity index (χ4n) is 2.93. The summed E-state index contributed by atoms with van der Waals surface area (Å²) < 4.78 is 19.1. The minimum atomic E-state index is -0.495. The van der Waals surface area contributed by atoms with Crippen molar-refractivity contribution >= 4 is 34.4 Å². The van der Waals surface area contributed by atoms with Crippen LogP contribution in [0.3, 0.4) is 0 Å². The highest BCUT2D eigenvalue weighted by Gasteiger charge is 2.26. The molecule has 7 nitrogen and oxygen atoms in total. The first kappa shape index (κ1) is 22.8. The van der Waals surface area contributed by atoms with Crippen molar-refractivity contribution in [3.63, 3.8) is 0 Å². The van der Waals surface area contributed by atoms with Gasteiger partial charge in [0.05, 0.1) is 11.4 Å². The number of halogens is 1. The minimum Gasteiger partial charge on any atom is -0.444 e. The van der Waals surface area contributed by atoms with Crippen LogP contribution < -0.4 is 10.6 Å². The number of carbonyl (C=O) groups is 1. The topological polar surface area (TPSA) is 89.8 Å². The van der Waals surface area contributed by atoms with Gasteiger partial charge in [0.1, 0.15) is 11.4 Å². The van der Waals surface area contributed by atoms with Crippen molar-refractivity contribution in [2.24, 2.45) is 10.9 Å². The molecule has 0 atom stereocenters. The van der Waals surface area contributed by atoms with Crippen LogP contribution in [0.4, 0.5) is 20.6 Å². The van der Waals surface area contributed by atoms with Gasteiger partial charge in [-0.15, -0.1) is 0 Å². The number of likely N-dealkylation sites (tertiary alicyclic amines) is 1. The van der Waals surface area contributed by atoms with Crippen LogP contribution in [0.15, 0.2) is 23.2 Å². The van der Waals surface area contributed by atoms with E-state index in [1.54, 1.807) is 17.2 Å². The molecule has 0 aliphatic carbocycles.